The molecule has 8 heteroatoms. The summed E-state index contributed by atoms with van der Waals surface area (Å²) < 4.78 is 80.6. The number of hydrogen-bond acceptors (Lipinski definition) is 6. The van der Waals surface area contributed by atoms with Crippen molar-refractivity contribution in [2.45, 2.75) is 26.2 Å². The molecule has 2 amide bonds. The molecule has 0 spiro atoms. The molecule has 0 saturated heterocycles. The van der Waals surface area contributed by atoms with Crippen molar-refractivity contribution in [2.75, 3.05) is 18.2 Å². The van der Waals surface area contributed by atoms with Gasteiger partial charge in [0.25, 0.3) is 5.91 Å². The van der Waals surface area contributed by atoms with E-state index in [4.69, 9.17) is 22.8 Å². The molecule has 4 N–H and O–H groups in total. The van der Waals surface area contributed by atoms with E-state index in [9.17, 15) is 14.4 Å². The molecule has 0 saturated carbocycles. The Morgan fingerprint density at radius 3 is 2.61 bits per heavy atom. The maximum atomic E-state index is 12.8. The van der Waals surface area contributed by atoms with E-state index in [1.54, 1.807) is 0 Å². The predicted octanol–water partition coefficient (Wildman–Crippen LogP) is 2.29. The lowest BCUT2D eigenvalue weighted by atomic mass is 10.1. The third kappa shape index (κ3) is 4.06. The summed E-state index contributed by atoms with van der Waals surface area (Å²) in [6.45, 7) is -6.17. The second-order valence-electron chi connectivity index (χ2n) is 5.79. The van der Waals surface area contributed by atoms with Gasteiger partial charge in [-0.2, -0.15) is 0 Å². The molecule has 1 aliphatic heterocycles. The van der Waals surface area contributed by atoms with Gasteiger partial charge in [-0.1, -0.05) is 6.04 Å². The first-order chi connectivity index (χ1) is 17.0. The fraction of sp³-hybridized carbons (Fsp3) is 0.250. The van der Waals surface area contributed by atoms with Gasteiger partial charge in [0.2, 0.25) is 5.91 Å². The summed E-state index contributed by atoms with van der Waals surface area (Å²) in [5, 5.41) is 4.79. The molecule has 0 unspecified atom stereocenters. The molecular formula is C20H21N3O5. The highest BCUT2D eigenvalue weighted by Gasteiger charge is 2.30. The lowest BCUT2D eigenvalue weighted by molar-refractivity contribution is -0.142. The zero-order chi connectivity index (χ0) is 28.0. The van der Waals surface area contributed by atoms with Crippen LogP contribution in [0.15, 0.2) is 30.3 Å². The molecule has 28 heavy (non-hydrogen) atoms. The number of rotatable bonds is 4. The summed E-state index contributed by atoms with van der Waals surface area (Å²) in [5.74, 6) is -3.47. The summed E-state index contributed by atoms with van der Waals surface area (Å²) >= 11 is 0. The van der Waals surface area contributed by atoms with Crippen molar-refractivity contribution in [1.29, 1.82) is 0 Å². The molecule has 0 aliphatic carbocycles. The zero-order valence-corrected chi connectivity index (χ0v) is 14.6. The van der Waals surface area contributed by atoms with Crippen molar-refractivity contribution in [2.24, 2.45) is 0 Å². The number of methoxy groups -OCH3 is 1. The van der Waals surface area contributed by atoms with E-state index in [1.165, 1.54) is 0 Å². The summed E-state index contributed by atoms with van der Waals surface area (Å²) in [7, 11) is 1.11. The van der Waals surface area contributed by atoms with Crippen molar-refractivity contribution in [3.8, 4) is 11.5 Å². The number of amides is 2. The van der Waals surface area contributed by atoms with E-state index in [-0.39, 0.29) is 22.7 Å². The molecule has 0 bridgehead atoms. The van der Waals surface area contributed by atoms with Gasteiger partial charge in [0.05, 0.1) is 34.6 Å². The first kappa shape index (κ1) is 10.7. The minimum Gasteiger partial charge on any atom is -0.469 e. The van der Waals surface area contributed by atoms with Crippen molar-refractivity contribution < 1.29 is 36.2 Å². The van der Waals surface area contributed by atoms with E-state index in [0.29, 0.717) is 0 Å². The Morgan fingerprint density at radius 2 is 1.96 bits per heavy atom. The van der Waals surface area contributed by atoms with E-state index in [1.807, 2.05) is 0 Å². The number of benzene rings is 2. The number of nitrogen functional groups attached to an aromatic ring is 1. The van der Waals surface area contributed by atoms with E-state index >= 15 is 0 Å². The van der Waals surface area contributed by atoms with Crippen LogP contribution in [0.1, 0.15) is 40.2 Å². The van der Waals surface area contributed by atoms with Crippen LogP contribution in [-0.2, 0) is 14.3 Å². The van der Waals surface area contributed by atoms with Gasteiger partial charge in [0.15, 0.2) is 5.75 Å². The van der Waals surface area contributed by atoms with Crippen molar-refractivity contribution in [1.82, 2.24) is 5.32 Å². The Morgan fingerprint density at radius 1 is 1.25 bits per heavy atom. The normalized spacial score (nSPS) is 21.3. The number of fused-ring (bicyclic) bond motifs is 1. The third-order valence-corrected chi connectivity index (χ3v) is 3.81. The molecule has 1 aliphatic rings. The number of ether oxygens (including phenoxy) is 2. The van der Waals surface area contributed by atoms with Gasteiger partial charge in [-0.05, 0) is 49.0 Å². The van der Waals surface area contributed by atoms with Crippen molar-refractivity contribution >= 4 is 29.2 Å². The smallest absolute Gasteiger partial charge is 0.308 e. The van der Waals surface area contributed by atoms with Gasteiger partial charge in [-0.3, -0.25) is 14.4 Å². The summed E-state index contributed by atoms with van der Waals surface area (Å²) in [6.07, 6.45) is -0.458. The van der Waals surface area contributed by atoms with E-state index < -0.39 is 79.0 Å². The number of esters is 1. The molecular weight excluding hydrogens is 362 g/mol. The number of nitrogens with one attached hydrogen (secondary N) is 2. The SMILES string of the molecule is [2H]c1c(Oc2cc3c(cc2N)NC(=O)[C@H](CC(=O)OC)NC3=O)c([2H])c(C([2H])([2H])[2H])c([2H])c1C([2H])([2H])[2H]. The van der Waals surface area contributed by atoms with Crippen LogP contribution < -0.4 is 21.1 Å². The summed E-state index contributed by atoms with van der Waals surface area (Å²) in [5.41, 5.74) is 3.65. The largest absolute Gasteiger partial charge is 0.469 e. The third-order valence-electron chi connectivity index (χ3n) is 3.81. The fourth-order valence-corrected chi connectivity index (χ4v) is 2.50. The van der Waals surface area contributed by atoms with Gasteiger partial charge in [0.1, 0.15) is 11.8 Å². The van der Waals surface area contributed by atoms with Gasteiger partial charge < -0.3 is 25.8 Å². The maximum absolute atomic E-state index is 12.8. The number of nitrogens with two attached hydrogens (primary N) is 1. The van der Waals surface area contributed by atoms with Crippen LogP contribution in [0.25, 0.3) is 0 Å². The first-order valence-electron chi connectivity index (χ1n) is 12.4. The minimum atomic E-state index is -3.09. The van der Waals surface area contributed by atoms with Crippen LogP contribution in [-0.4, -0.2) is 30.9 Å². The minimum absolute atomic E-state index is 0.0511. The topological polar surface area (TPSA) is 120 Å². The molecule has 146 valence electrons. The van der Waals surface area contributed by atoms with Crippen LogP contribution in [0.4, 0.5) is 11.4 Å². The molecule has 0 aromatic heterocycles. The highest BCUT2D eigenvalue weighted by atomic mass is 16.5. The number of anilines is 2. The molecule has 0 fully saturated rings. The highest BCUT2D eigenvalue weighted by Crippen LogP contribution is 2.34. The van der Waals surface area contributed by atoms with Crippen LogP contribution >= 0.6 is 0 Å². The Labute approximate surface area is 174 Å². The van der Waals surface area contributed by atoms with Gasteiger partial charge in [-0.15, -0.1) is 0 Å². The maximum Gasteiger partial charge on any atom is 0.308 e. The summed E-state index contributed by atoms with van der Waals surface area (Å²) in [6, 6.07) is -1.95. The van der Waals surface area contributed by atoms with Crippen molar-refractivity contribution in [3.63, 3.8) is 0 Å². The predicted molar refractivity (Wildman–Crippen MR) is 103 cm³/mol. The molecule has 1 atom stereocenters. The number of carbonyl (C=O) groups is 3. The van der Waals surface area contributed by atoms with E-state index in [2.05, 4.69) is 15.4 Å². The monoisotopic (exact) mass is 392 g/mol. The Kier molecular flexibility index (Phi) is 2.90. The van der Waals surface area contributed by atoms with Crippen LogP contribution in [0, 0.1) is 13.7 Å². The fourth-order valence-electron chi connectivity index (χ4n) is 2.50. The molecule has 2 aromatic rings. The molecule has 8 nitrogen and oxygen atoms in total. The Balaban J connectivity index is 2.14. The standard InChI is InChI=1S/C20H21N3O5/c1-10-4-11(2)6-12(5-10)28-17-7-13-15(8-14(17)21)22-20(26)16(23-19(13)25)9-18(24)27-3/h4-8,16H,9,21H2,1-3H3,(H,22,26)(H,23,25)/t16-/m0/s1/i1D3,2D3,4D,5D,6D. The van der Waals surface area contributed by atoms with Crippen molar-refractivity contribution in [3.05, 3.63) is 47.0 Å². The van der Waals surface area contributed by atoms with Crippen LogP contribution in [0.2, 0.25) is 0 Å². The second-order valence-corrected chi connectivity index (χ2v) is 5.79. The number of hydrogen-bond donors (Lipinski definition) is 3. The lowest BCUT2D eigenvalue weighted by Crippen LogP contribution is -2.42. The molecule has 2 aromatic carbocycles. The zero-order valence-electron chi connectivity index (χ0n) is 23.6. The van der Waals surface area contributed by atoms with E-state index in [0.717, 1.165) is 19.2 Å². The van der Waals surface area contributed by atoms with Gasteiger partial charge in [-0.25, -0.2) is 0 Å². The second kappa shape index (κ2) is 7.59. The molecule has 1 heterocycles. The van der Waals surface area contributed by atoms with Crippen LogP contribution in [0.5, 0.6) is 11.5 Å². The van der Waals surface area contributed by atoms with Crippen LogP contribution in [0.3, 0.4) is 0 Å². The average Bonchev–Trinajstić information content (AvgIpc) is 2.85. The lowest BCUT2D eigenvalue weighted by Gasteiger charge is -2.13. The highest BCUT2D eigenvalue weighted by molar-refractivity contribution is 6.11. The number of carbonyl (C=O) groups excluding carboxylic acids is 3. The average molecular weight is 392 g/mol. The molecule has 3 rings (SSSR count). The van der Waals surface area contributed by atoms with Gasteiger partial charge in [0, 0.05) is 8.22 Å². The van der Waals surface area contributed by atoms with Gasteiger partial charge >= 0.3 is 5.97 Å². The quantitative estimate of drug-likeness (QED) is 0.542. The Hall–Kier alpha value is -3.55. The first-order valence-corrected chi connectivity index (χ1v) is 7.92. The molecule has 0 radical (unpaired) electrons. The Bertz CT molecular complexity index is 1270. The summed E-state index contributed by atoms with van der Waals surface area (Å²) in [4.78, 5) is 36.9.